The summed E-state index contributed by atoms with van der Waals surface area (Å²) >= 11 is 0. The van der Waals surface area contributed by atoms with Crippen molar-refractivity contribution in [2.75, 3.05) is 13.6 Å². The van der Waals surface area contributed by atoms with E-state index < -0.39 is 0 Å². The summed E-state index contributed by atoms with van der Waals surface area (Å²) in [4.78, 5) is 6.16. The van der Waals surface area contributed by atoms with Crippen molar-refractivity contribution < 1.29 is 0 Å². The largest absolute Gasteiger partial charge is 0.354 e. The number of likely N-dealkylation sites (tertiary alicyclic amines) is 1. The SMILES string of the molecule is CN1CCCC1Cc1c(-c2ccccc2)[nH]c2ccccc12. The number of hydrogen-bond acceptors (Lipinski definition) is 1. The molecule has 0 bridgehead atoms. The lowest BCUT2D eigenvalue weighted by Crippen LogP contribution is -2.26. The maximum atomic E-state index is 3.65. The molecule has 2 heteroatoms. The van der Waals surface area contributed by atoms with Crippen LogP contribution in [-0.4, -0.2) is 29.5 Å². The van der Waals surface area contributed by atoms with Crippen molar-refractivity contribution in [2.45, 2.75) is 25.3 Å². The van der Waals surface area contributed by atoms with Crippen LogP contribution in [0.2, 0.25) is 0 Å². The van der Waals surface area contributed by atoms with Gasteiger partial charge in [0.15, 0.2) is 0 Å². The minimum atomic E-state index is 0.668. The molecule has 1 aromatic heterocycles. The second-order valence-corrected chi connectivity index (χ2v) is 6.37. The lowest BCUT2D eigenvalue weighted by Gasteiger charge is -2.20. The van der Waals surface area contributed by atoms with E-state index in [9.17, 15) is 0 Å². The lowest BCUT2D eigenvalue weighted by molar-refractivity contribution is 0.310. The van der Waals surface area contributed by atoms with Gasteiger partial charge in [-0.3, -0.25) is 0 Å². The number of aromatic nitrogens is 1. The summed E-state index contributed by atoms with van der Waals surface area (Å²) < 4.78 is 0. The fraction of sp³-hybridized carbons (Fsp3) is 0.300. The van der Waals surface area contributed by atoms with Gasteiger partial charge in [-0.15, -0.1) is 0 Å². The molecular weight excluding hydrogens is 268 g/mol. The Balaban J connectivity index is 1.83. The van der Waals surface area contributed by atoms with Gasteiger partial charge in [0.1, 0.15) is 0 Å². The normalized spacial score (nSPS) is 19.0. The molecule has 3 aromatic rings. The van der Waals surface area contributed by atoms with Gasteiger partial charge in [0, 0.05) is 22.6 Å². The summed E-state index contributed by atoms with van der Waals surface area (Å²) in [6, 6.07) is 20.1. The molecule has 2 heterocycles. The predicted octanol–water partition coefficient (Wildman–Crippen LogP) is 4.47. The van der Waals surface area contributed by atoms with Gasteiger partial charge >= 0.3 is 0 Å². The molecule has 0 saturated carbocycles. The lowest BCUT2D eigenvalue weighted by atomic mass is 9.98. The van der Waals surface area contributed by atoms with E-state index in [2.05, 4.69) is 71.5 Å². The van der Waals surface area contributed by atoms with Gasteiger partial charge in [0.25, 0.3) is 0 Å². The van der Waals surface area contributed by atoms with Crippen LogP contribution in [-0.2, 0) is 6.42 Å². The monoisotopic (exact) mass is 290 g/mol. The van der Waals surface area contributed by atoms with Crippen LogP contribution in [0.15, 0.2) is 54.6 Å². The molecular formula is C20H22N2. The Morgan fingerprint density at radius 1 is 1.05 bits per heavy atom. The fourth-order valence-electron chi connectivity index (χ4n) is 3.74. The van der Waals surface area contributed by atoms with Gasteiger partial charge in [-0.05, 0) is 50.0 Å². The zero-order valence-electron chi connectivity index (χ0n) is 13.0. The molecule has 1 atom stereocenters. The van der Waals surface area contributed by atoms with Crippen molar-refractivity contribution in [3.8, 4) is 11.3 Å². The van der Waals surface area contributed by atoms with Crippen LogP contribution < -0.4 is 0 Å². The first-order valence-corrected chi connectivity index (χ1v) is 8.18. The zero-order valence-corrected chi connectivity index (χ0v) is 13.0. The fourth-order valence-corrected chi connectivity index (χ4v) is 3.74. The number of likely N-dealkylation sites (N-methyl/N-ethyl adjacent to an activating group) is 1. The van der Waals surface area contributed by atoms with Crippen LogP contribution in [0.1, 0.15) is 18.4 Å². The van der Waals surface area contributed by atoms with Crippen molar-refractivity contribution in [3.05, 3.63) is 60.2 Å². The van der Waals surface area contributed by atoms with Crippen LogP contribution in [0, 0.1) is 0 Å². The Labute approximate surface area is 131 Å². The third kappa shape index (κ3) is 2.34. The highest BCUT2D eigenvalue weighted by Gasteiger charge is 2.24. The molecule has 1 fully saturated rings. The smallest absolute Gasteiger partial charge is 0.0497 e. The van der Waals surface area contributed by atoms with Gasteiger partial charge < -0.3 is 9.88 Å². The van der Waals surface area contributed by atoms with E-state index in [4.69, 9.17) is 0 Å². The molecule has 0 radical (unpaired) electrons. The standard InChI is InChI=1S/C20H22N2/c1-22-13-7-10-16(22)14-18-17-11-5-6-12-19(17)21-20(18)15-8-3-2-4-9-15/h2-6,8-9,11-12,16,21H,7,10,13-14H2,1H3. The number of nitrogens with one attached hydrogen (secondary N) is 1. The van der Waals surface area contributed by atoms with Crippen molar-refractivity contribution >= 4 is 10.9 Å². The second kappa shape index (κ2) is 5.62. The highest BCUT2D eigenvalue weighted by molar-refractivity contribution is 5.90. The molecule has 0 aliphatic carbocycles. The van der Waals surface area contributed by atoms with Gasteiger partial charge in [-0.2, -0.15) is 0 Å². The van der Waals surface area contributed by atoms with Crippen LogP contribution >= 0.6 is 0 Å². The molecule has 2 nitrogen and oxygen atoms in total. The molecule has 1 aliphatic heterocycles. The van der Waals surface area contributed by atoms with Crippen LogP contribution in [0.3, 0.4) is 0 Å². The quantitative estimate of drug-likeness (QED) is 0.754. The number of rotatable bonds is 3. The maximum absolute atomic E-state index is 3.65. The number of hydrogen-bond donors (Lipinski definition) is 1. The molecule has 0 amide bonds. The molecule has 1 saturated heterocycles. The first kappa shape index (κ1) is 13.6. The highest BCUT2D eigenvalue weighted by Crippen LogP contribution is 2.33. The van der Waals surface area contributed by atoms with Gasteiger partial charge in [0.2, 0.25) is 0 Å². The summed E-state index contributed by atoms with van der Waals surface area (Å²) in [6.07, 6.45) is 3.76. The van der Waals surface area contributed by atoms with Gasteiger partial charge in [-0.25, -0.2) is 0 Å². The summed E-state index contributed by atoms with van der Waals surface area (Å²) in [7, 11) is 2.26. The summed E-state index contributed by atoms with van der Waals surface area (Å²) in [5, 5.41) is 1.38. The Morgan fingerprint density at radius 2 is 1.82 bits per heavy atom. The number of H-pyrrole nitrogens is 1. The van der Waals surface area contributed by atoms with Crippen molar-refractivity contribution in [1.82, 2.24) is 9.88 Å². The zero-order chi connectivity index (χ0) is 14.9. The minimum Gasteiger partial charge on any atom is -0.354 e. The predicted molar refractivity (Wildman–Crippen MR) is 93.1 cm³/mol. The van der Waals surface area contributed by atoms with Crippen LogP contribution in [0.4, 0.5) is 0 Å². The molecule has 22 heavy (non-hydrogen) atoms. The Hall–Kier alpha value is -2.06. The average Bonchev–Trinajstić information content (AvgIpc) is 3.13. The minimum absolute atomic E-state index is 0.668. The van der Waals surface area contributed by atoms with Crippen molar-refractivity contribution in [1.29, 1.82) is 0 Å². The average molecular weight is 290 g/mol. The second-order valence-electron chi connectivity index (χ2n) is 6.37. The van der Waals surface area contributed by atoms with Gasteiger partial charge in [-0.1, -0.05) is 48.5 Å². The third-order valence-electron chi connectivity index (χ3n) is 4.99. The summed E-state index contributed by atoms with van der Waals surface area (Å²) in [5.74, 6) is 0. The van der Waals surface area contributed by atoms with E-state index in [0.29, 0.717) is 6.04 Å². The Bertz CT molecular complexity index is 773. The molecule has 4 rings (SSSR count). The summed E-state index contributed by atoms with van der Waals surface area (Å²) in [5.41, 5.74) is 5.30. The molecule has 2 aromatic carbocycles. The van der Waals surface area contributed by atoms with Crippen LogP contribution in [0.5, 0.6) is 0 Å². The number of aromatic amines is 1. The molecule has 1 aliphatic rings. The highest BCUT2D eigenvalue weighted by atomic mass is 15.1. The molecule has 0 spiro atoms. The first-order valence-electron chi connectivity index (χ1n) is 8.18. The topological polar surface area (TPSA) is 19.0 Å². The number of fused-ring (bicyclic) bond motifs is 1. The number of benzene rings is 2. The molecule has 112 valence electrons. The van der Waals surface area contributed by atoms with E-state index >= 15 is 0 Å². The first-order chi connectivity index (χ1) is 10.8. The molecule has 1 unspecified atom stereocenters. The maximum Gasteiger partial charge on any atom is 0.0497 e. The summed E-state index contributed by atoms with van der Waals surface area (Å²) in [6.45, 7) is 1.23. The Kier molecular flexibility index (Phi) is 3.47. The van der Waals surface area contributed by atoms with Crippen LogP contribution in [0.25, 0.3) is 22.2 Å². The van der Waals surface area contributed by atoms with Crippen molar-refractivity contribution in [3.63, 3.8) is 0 Å². The third-order valence-corrected chi connectivity index (χ3v) is 4.99. The van der Waals surface area contributed by atoms with Gasteiger partial charge in [0.05, 0.1) is 0 Å². The van der Waals surface area contributed by atoms with E-state index in [1.165, 1.54) is 47.1 Å². The van der Waals surface area contributed by atoms with E-state index in [0.717, 1.165) is 6.42 Å². The van der Waals surface area contributed by atoms with E-state index in [1.54, 1.807) is 0 Å². The number of para-hydroxylation sites is 1. The van der Waals surface area contributed by atoms with E-state index in [-0.39, 0.29) is 0 Å². The van der Waals surface area contributed by atoms with E-state index in [1.807, 2.05) is 0 Å². The molecule has 1 N–H and O–H groups in total. The Morgan fingerprint density at radius 3 is 2.59 bits per heavy atom. The number of nitrogens with zero attached hydrogens (tertiary/aromatic N) is 1. The van der Waals surface area contributed by atoms with Crippen molar-refractivity contribution in [2.24, 2.45) is 0 Å².